The summed E-state index contributed by atoms with van der Waals surface area (Å²) in [7, 11) is 0.0893. The molecular weight excluding hydrogens is 330 g/mol. The lowest BCUT2D eigenvalue weighted by atomic mass is 10.0. The zero-order chi connectivity index (χ0) is 17.0. The second-order valence-corrected chi connectivity index (χ2v) is 8.62. The highest BCUT2D eigenvalue weighted by Crippen LogP contribution is 2.28. The molecule has 0 bridgehead atoms. The molecule has 1 heterocycles. The van der Waals surface area contributed by atoms with Crippen LogP contribution in [0.25, 0.3) is 11.3 Å². The molecule has 7 heteroatoms. The molecule has 0 saturated heterocycles. The minimum absolute atomic E-state index is 0.0536. The van der Waals surface area contributed by atoms with Crippen molar-refractivity contribution in [3.05, 3.63) is 35.2 Å². The average molecular weight is 354 g/mol. The number of hydrogen-bond acceptors (Lipinski definition) is 5. The van der Waals surface area contributed by atoms with E-state index in [0.717, 1.165) is 16.4 Å². The molecule has 0 unspecified atom stereocenters. The first-order chi connectivity index (χ1) is 10.8. The van der Waals surface area contributed by atoms with Gasteiger partial charge in [0.15, 0.2) is 5.13 Å². The zero-order valence-electron chi connectivity index (χ0n) is 13.9. The standard InChI is InChI=1S/C16H23N3O2S2/c1-12(2)13-5-7-14(8-6-13)15-11-22-16(18-15)19(4)9-10-23(20,21)17-3/h5-8,11-12,17H,9-10H2,1-4H3. The van der Waals surface area contributed by atoms with Crippen LogP contribution >= 0.6 is 11.3 Å². The SMILES string of the molecule is CNS(=O)(=O)CCN(C)c1nc(-c2ccc(C(C)C)cc2)cs1. The van der Waals surface area contributed by atoms with E-state index in [4.69, 9.17) is 0 Å². The molecule has 23 heavy (non-hydrogen) atoms. The van der Waals surface area contributed by atoms with Crippen molar-refractivity contribution in [3.8, 4) is 11.3 Å². The van der Waals surface area contributed by atoms with Gasteiger partial charge in [-0.05, 0) is 18.5 Å². The highest BCUT2D eigenvalue weighted by molar-refractivity contribution is 7.89. The molecule has 0 atom stereocenters. The van der Waals surface area contributed by atoms with Crippen molar-refractivity contribution in [1.82, 2.24) is 9.71 Å². The lowest BCUT2D eigenvalue weighted by Crippen LogP contribution is -2.30. The van der Waals surface area contributed by atoms with E-state index in [1.165, 1.54) is 23.9 Å². The van der Waals surface area contributed by atoms with Gasteiger partial charge < -0.3 is 4.90 Å². The number of aromatic nitrogens is 1. The summed E-state index contributed by atoms with van der Waals surface area (Å²) in [5.41, 5.74) is 3.30. The number of benzene rings is 1. The maximum atomic E-state index is 11.5. The van der Waals surface area contributed by atoms with Crippen molar-refractivity contribution in [2.75, 3.05) is 31.3 Å². The van der Waals surface area contributed by atoms with E-state index < -0.39 is 10.0 Å². The monoisotopic (exact) mass is 353 g/mol. The summed E-state index contributed by atoms with van der Waals surface area (Å²) in [6.07, 6.45) is 0. The van der Waals surface area contributed by atoms with Crippen molar-refractivity contribution in [1.29, 1.82) is 0 Å². The van der Waals surface area contributed by atoms with Crippen LogP contribution < -0.4 is 9.62 Å². The predicted octanol–water partition coefficient (Wildman–Crippen LogP) is 2.92. The molecule has 5 nitrogen and oxygen atoms in total. The van der Waals surface area contributed by atoms with Crippen molar-refractivity contribution in [2.45, 2.75) is 19.8 Å². The number of sulfonamides is 1. The van der Waals surface area contributed by atoms with Crippen LogP contribution in [0.2, 0.25) is 0 Å². The lowest BCUT2D eigenvalue weighted by Gasteiger charge is -2.15. The highest BCUT2D eigenvalue weighted by atomic mass is 32.2. The van der Waals surface area contributed by atoms with Gasteiger partial charge in [0.05, 0.1) is 11.4 Å². The molecule has 1 aromatic heterocycles. The smallest absolute Gasteiger partial charge is 0.213 e. The third-order valence-corrected chi connectivity index (χ3v) is 6.00. The first kappa shape index (κ1) is 17.9. The summed E-state index contributed by atoms with van der Waals surface area (Å²) >= 11 is 1.52. The lowest BCUT2D eigenvalue weighted by molar-refractivity contribution is 0.587. The van der Waals surface area contributed by atoms with Crippen molar-refractivity contribution >= 4 is 26.5 Å². The molecule has 0 aliphatic heterocycles. The Kier molecular flexibility index (Phi) is 5.78. The van der Waals surface area contributed by atoms with Crippen LogP contribution in [-0.4, -0.2) is 39.8 Å². The van der Waals surface area contributed by atoms with E-state index in [9.17, 15) is 8.42 Å². The second-order valence-electron chi connectivity index (χ2n) is 5.74. The van der Waals surface area contributed by atoms with Crippen LogP contribution in [0.4, 0.5) is 5.13 Å². The molecule has 2 aromatic rings. The molecular formula is C16H23N3O2S2. The first-order valence-corrected chi connectivity index (χ1v) is 10.0. The van der Waals surface area contributed by atoms with Crippen molar-refractivity contribution in [3.63, 3.8) is 0 Å². The van der Waals surface area contributed by atoms with E-state index in [2.05, 4.69) is 47.8 Å². The van der Waals surface area contributed by atoms with Gasteiger partial charge in [-0.1, -0.05) is 38.1 Å². The molecule has 0 fully saturated rings. The number of nitrogens with zero attached hydrogens (tertiary/aromatic N) is 2. The maximum Gasteiger partial charge on any atom is 0.213 e. The zero-order valence-corrected chi connectivity index (χ0v) is 15.5. The Morgan fingerprint density at radius 3 is 2.48 bits per heavy atom. The fraction of sp³-hybridized carbons (Fsp3) is 0.438. The average Bonchev–Trinajstić information content (AvgIpc) is 3.03. The van der Waals surface area contributed by atoms with Gasteiger partial charge in [0.2, 0.25) is 10.0 Å². The van der Waals surface area contributed by atoms with Gasteiger partial charge >= 0.3 is 0 Å². The van der Waals surface area contributed by atoms with Crippen LogP contribution in [0.5, 0.6) is 0 Å². The maximum absolute atomic E-state index is 11.5. The largest absolute Gasteiger partial charge is 0.350 e. The number of nitrogens with one attached hydrogen (secondary N) is 1. The van der Waals surface area contributed by atoms with E-state index in [1.54, 1.807) is 0 Å². The molecule has 1 N–H and O–H groups in total. The Bertz CT molecular complexity index is 737. The fourth-order valence-electron chi connectivity index (χ4n) is 2.07. The fourth-order valence-corrected chi connectivity index (χ4v) is 3.61. The summed E-state index contributed by atoms with van der Waals surface area (Å²) < 4.78 is 25.3. The topological polar surface area (TPSA) is 62.3 Å². The summed E-state index contributed by atoms with van der Waals surface area (Å²) in [6.45, 7) is 4.75. The van der Waals surface area contributed by atoms with Crippen molar-refractivity contribution < 1.29 is 8.42 Å². The Morgan fingerprint density at radius 1 is 1.26 bits per heavy atom. The molecule has 0 amide bonds. The van der Waals surface area contributed by atoms with E-state index in [-0.39, 0.29) is 5.75 Å². The van der Waals surface area contributed by atoms with Gasteiger partial charge in [0, 0.05) is 24.5 Å². The van der Waals surface area contributed by atoms with Gasteiger partial charge in [-0.2, -0.15) is 0 Å². The van der Waals surface area contributed by atoms with Crippen LogP contribution in [0.15, 0.2) is 29.6 Å². The summed E-state index contributed by atoms with van der Waals surface area (Å²) in [5, 5.41) is 2.82. The second kappa shape index (κ2) is 7.42. The molecule has 0 aliphatic rings. The first-order valence-electron chi connectivity index (χ1n) is 7.50. The van der Waals surface area contributed by atoms with E-state index >= 15 is 0 Å². The predicted molar refractivity (Wildman–Crippen MR) is 97.8 cm³/mol. The highest BCUT2D eigenvalue weighted by Gasteiger charge is 2.13. The Hall–Kier alpha value is -1.44. The van der Waals surface area contributed by atoms with Crippen LogP contribution in [0.3, 0.4) is 0 Å². The summed E-state index contributed by atoms with van der Waals surface area (Å²) in [6, 6.07) is 8.42. The number of rotatable bonds is 7. The number of thiazole rings is 1. The minimum Gasteiger partial charge on any atom is -0.350 e. The van der Waals surface area contributed by atoms with E-state index in [1.807, 2.05) is 17.3 Å². The third kappa shape index (κ3) is 4.76. The number of hydrogen-bond donors (Lipinski definition) is 1. The molecule has 1 aromatic carbocycles. The molecule has 0 saturated carbocycles. The Labute approximate surface area is 142 Å². The molecule has 2 rings (SSSR count). The van der Waals surface area contributed by atoms with Gasteiger partial charge in [0.25, 0.3) is 0 Å². The summed E-state index contributed by atoms with van der Waals surface area (Å²) in [4.78, 5) is 6.48. The van der Waals surface area contributed by atoms with Gasteiger partial charge in [-0.25, -0.2) is 18.1 Å². The molecule has 0 radical (unpaired) electrons. The van der Waals surface area contributed by atoms with Gasteiger partial charge in [0.1, 0.15) is 0 Å². The Morgan fingerprint density at radius 2 is 1.91 bits per heavy atom. The van der Waals surface area contributed by atoms with Gasteiger partial charge in [-0.15, -0.1) is 11.3 Å². The van der Waals surface area contributed by atoms with Crippen LogP contribution in [-0.2, 0) is 10.0 Å². The van der Waals surface area contributed by atoms with Crippen LogP contribution in [0.1, 0.15) is 25.3 Å². The summed E-state index contributed by atoms with van der Waals surface area (Å²) in [5.74, 6) is 0.563. The molecule has 126 valence electrons. The minimum atomic E-state index is -3.20. The number of anilines is 1. The molecule has 0 aliphatic carbocycles. The third-order valence-electron chi connectivity index (χ3n) is 3.70. The quantitative estimate of drug-likeness (QED) is 0.831. The van der Waals surface area contributed by atoms with Gasteiger partial charge in [-0.3, -0.25) is 0 Å². The van der Waals surface area contributed by atoms with Crippen molar-refractivity contribution in [2.24, 2.45) is 0 Å². The Balaban J connectivity index is 2.07. The van der Waals surface area contributed by atoms with E-state index in [0.29, 0.717) is 12.5 Å². The van der Waals surface area contributed by atoms with Crippen LogP contribution in [0, 0.1) is 0 Å². The molecule has 0 spiro atoms. The normalized spacial score (nSPS) is 11.9.